The van der Waals surface area contributed by atoms with Gasteiger partial charge in [-0.05, 0) is 55.7 Å². The number of anilines is 1. The zero-order valence-electron chi connectivity index (χ0n) is 18.1. The Balaban J connectivity index is 2.00. The number of hydrogen-bond acceptors (Lipinski definition) is 7. The van der Waals surface area contributed by atoms with Crippen molar-refractivity contribution in [3.63, 3.8) is 0 Å². The van der Waals surface area contributed by atoms with Crippen LogP contribution in [0.1, 0.15) is 31.1 Å². The lowest BCUT2D eigenvalue weighted by molar-refractivity contribution is -0.108. The third-order valence-electron chi connectivity index (χ3n) is 5.12. The van der Waals surface area contributed by atoms with Crippen LogP contribution in [0, 0.1) is 0 Å². The Hall–Kier alpha value is -2.65. The van der Waals surface area contributed by atoms with E-state index in [1.54, 1.807) is 13.2 Å². The number of methoxy groups -OCH3 is 1. The normalized spacial score (nSPS) is 15.0. The molecule has 2 rings (SSSR count). The maximum Gasteiger partial charge on any atom is 0.214 e. The number of carbonyl (C=O) groups is 1. The second kappa shape index (κ2) is 11.7. The number of amides is 1. The van der Waals surface area contributed by atoms with E-state index >= 15 is 0 Å². The smallest absolute Gasteiger partial charge is 0.214 e. The molecule has 0 saturated heterocycles. The topological polar surface area (TPSA) is 122 Å². The van der Waals surface area contributed by atoms with E-state index in [-0.39, 0.29) is 30.6 Å². The van der Waals surface area contributed by atoms with Gasteiger partial charge >= 0.3 is 0 Å². The fraction of sp³-hybridized carbons (Fsp3) is 0.435. The summed E-state index contributed by atoms with van der Waals surface area (Å²) in [6.45, 7) is 3.52. The van der Waals surface area contributed by atoms with Gasteiger partial charge in [-0.1, -0.05) is 18.2 Å². The van der Waals surface area contributed by atoms with E-state index in [0.29, 0.717) is 12.0 Å². The van der Waals surface area contributed by atoms with Crippen LogP contribution < -0.4 is 15.0 Å². The molecule has 31 heavy (non-hydrogen) atoms. The second-order valence-electron chi connectivity index (χ2n) is 7.69. The summed E-state index contributed by atoms with van der Waals surface area (Å²) in [5.41, 5.74) is 1.80. The van der Waals surface area contributed by atoms with E-state index in [2.05, 4.69) is 5.32 Å². The molecule has 8 nitrogen and oxygen atoms in total. The first-order valence-electron chi connectivity index (χ1n) is 10.2. The van der Waals surface area contributed by atoms with Crippen molar-refractivity contribution in [2.75, 3.05) is 25.1 Å². The fourth-order valence-electron chi connectivity index (χ4n) is 3.15. The van der Waals surface area contributed by atoms with Crippen molar-refractivity contribution in [3.05, 3.63) is 53.6 Å². The summed E-state index contributed by atoms with van der Waals surface area (Å²) in [5.74, 6) is 0.634. The van der Waals surface area contributed by atoms with Gasteiger partial charge in [0.1, 0.15) is 11.5 Å². The van der Waals surface area contributed by atoms with Crippen LogP contribution in [0.15, 0.2) is 42.5 Å². The Morgan fingerprint density at radius 2 is 1.77 bits per heavy atom. The van der Waals surface area contributed by atoms with Crippen molar-refractivity contribution in [3.8, 4) is 11.5 Å². The van der Waals surface area contributed by atoms with Crippen molar-refractivity contribution < 1.29 is 30.0 Å². The van der Waals surface area contributed by atoms with Gasteiger partial charge in [-0.25, -0.2) is 0 Å². The molecule has 0 fully saturated rings. The minimum atomic E-state index is -1.17. The SMILES string of the molecule is COc1ccc(C[C@@H](C)NC[C@H](O)c2ccc(O)c(N(C=O)C[C@@H](O)[C@@H](C)O)c2)cc1. The van der Waals surface area contributed by atoms with Crippen molar-refractivity contribution in [1.82, 2.24) is 5.32 Å². The number of aromatic hydroxyl groups is 1. The number of nitrogens with one attached hydrogen (secondary N) is 1. The number of aliphatic hydroxyl groups excluding tert-OH is 3. The third-order valence-corrected chi connectivity index (χ3v) is 5.12. The van der Waals surface area contributed by atoms with Gasteiger partial charge in [-0.2, -0.15) is 0 Å². The molecule has 4 atom stereocenters. The highest BCUT2D eigenvalue weighted by Crippen LogP contribution is 2.30. The number of nitrogens with zero attached hydrogens (tertiary/aromatic N) is 1. The molecule has 0 aliphatic carbocycles. The van der Waals surface area contributed by atoms with Crippen LogP contribution in [0.5, 0.6) is 11.5 Å². The summed E-state index contributed by atoms with van der Waals surface area (Å²) in [7, 11) is 1.62. The van der Waals surface area contributed by atoms with Crippen LogP contribution >= 0.6 is 0 Å². The Bertz CT molecular complexity index is 827. The van der Waals surface area contributed by atoms with Crippen molar-refractivity contribution in [2.24, 2.45) is 0 Å². The quantitative estimate of drug-likeness (QED) is 0.321. The van der Waals surface area contributed by atoms with Crippen molar-refractivity contribution in [1.29, 1.82) is 0 Å². The monoisotopic (exact) mass is 432 g/mol. The molecule has 0 unspecified atom stereocenters. The average molecular weight is 433 g/mol. The standard InChI is InChI=1S/C23H32N2O6/c1-15(10-17-4-7-19(31-3)8-5-17)24-12-22(29)18-6-9-21(28)20(11-18)25(14-26)13-23(30)16(2)27/h4-9,11,14-16,22-24,27-30H,10,12-13H2,1-3H3/t15-,16-,22+,23-/m1/s1. The van der Waals surface area contributed by atoms with Gasteiger partial charge in [0, 0.05) is 12.6 Å². The lowest BCUT2D eigenvalue weighted by Crippen LogP contribution is -2.37. The van der Waals surface area contributed by atoms with Gasteiger partial charge in [0.15, 0.2) is 0 Å². The van der Waals surface area contributed by atoms with Gasteiger partial charge in [-0.3, -0.25) is 4.79 Å². The Labute approximate surface area is 182 Å². The molecule has 170 valence electrons. The maximum atomic E-state index is 11.5. The minimum Gasteiger partial charge on any atom is -0.506 e. The largest absolute Gasteiger partial charge is 0.506 e. The van der Waals surface area contributed by atoms with E-state index in [1.165, 1.54) is 19.1 Å². The Morgan fingerprint density at radius 1 is 1.10 bits per heavy atom. The predicted octanol–water partition coefficient (Wildman–Crippen LogP) is 1.36. The van der Waals surface area contributed by atoms with E-state index in [9.17, 15) is 25.2 Å². The van der Waals surface area contributed by atoms with Crippen LogP contribution in [0.2, 0.25) is 0 Å². The lowest BCUT2D eigenvalue weighted by atomic mass is 10.0. The first-order valence-corrected chi connectivity index (χ1v) is 10.2. The second-order valence-corrected chi connectivity index (χ2v) is 7.69. The first kappa shape index (κ1) is 24.6. The zero-order chi connectivity index (χ0) is 23.0. The molecule has 5 N–H and O–H groups in total. The van der Waals surface area contributed by atoms with E-state index < -0.39 is 18.3 Å². The van der Waals surface area contributed by atoms with Crippen LogP contribution in [-0.2, 0) is 11.2 Å². The molecule has 0 heterocycles. The van der Waals surface area contributed by atoms with Gasteiger partial charge in [0.05, 0.1) is 37.7 Å². The van der Waals surface area contributed by atoms with Gasteiger partial charge in [-0.15, -0.1) is 0 Å². The summed E-state index contributed by atoms with van der Waals surface area (Å²) in [6, 6.07) is 12.4. The van der Waals surface area contributed by atoms with Crippen LogP contribution in [0.4, 0.5) is 5.69 Å². The lowest BCUT2D eigenvalue weighted by Gasteiger charge is -2.24. The summed E-state index contributed by atoms with van der Waals surface area (Å²) in [5, 5.41) is 43.3. The van der Waals surface area contributed by atoms with Gasteiger partial charge in [0.2, 0.25) is 6.41 Å². The Kier molecular flexibility index (Phi) is 9.26. The molecule has 0 spiro atoms. The van der Waals surface area contributed by atoms with Crippen LogP contribution in [0.3, 0.4) is 0 Å². The number of phenolic OH excluding ortho intramolecular Hbond substituents is 1. The molecule has 0 radical (unpaired) electrons. The highest BCUT2D eigenvalue weighted by molar-refractivity contribution is 5.79. The van der Waals surface area contributed by atoms with Crippen LogP contribution in [-0.4, -0.2) is 65.3 Å². The summed E-state index contributed by atoms with van der Waals surface area (Å²) >= 11 is 0. The van der Waals surface area contributed by atoms with E-state index in [0.717, 1.165) is 22.6 Å². The molecule has 0 aliphatic heterocycles. The predicted molar refractivity (Wildman–Crippen MR) is 118 cm³/mol. The molecule has 0 bridgehead atoms. The van der Waals surface area contributed by atoms with Gasteiger partial charge in [0.25, 0.3) is 0 Å². The molecule has 0 saturated carbocycles. The zero-order valence-corrected chi connectivity index (χ0v) is 18.1. The van der Waals surface area contributed by atoms with Crippen molar-refractivity contribution >= 4 is 12.1 Å². The minimum absolute atomic E-state index is 0.104. The third kappa shape index (κ3) is 7.22. The molecule has 2 aromatic rings. The highest BCUT2D eigenvalue weighted by atomic mass is 16.5. The summed E-state index contributed by atoms with van der Waals surface area (Å²) in [6.07, 6.45) is -1.83. The molecular formula is C23H32N2O6. The summed E-state index contributed by atoms with van der Waals surface area (Å²) < 4.78 is 5.16. The Morgan fingerprint density at radius 3 is 2.35 bits per heavy atom. The number of ether oxygens (including phenoxy) is 1. The highest BCUT2D eigenvalue weighted by Gasteiger charge is 2.20. The van der Waals surface area contributed by atoms with Gasteiger partial charge < -0.3 is 35.4 Å². The number of phenols is 1. The molecule has 0 aliphatic rings. The summed E-state index contributed by atoms with van der Waals surface area (Å²) in [4.78, 5) is 12.6. The first-order chi connectivity index (χ1) is 14.7. The maximum absolute atomic E-state index is 11.5. The van der Waals surface area contributed by atoms with E-state index in [1.807, 2.05) is 31.2 Å². The molecular weight excluding hydrogens is 400 g/mol. The average Bonchev–Trinajstić information content (AvgIpc) is 2.76. The molecule has 2 aromatic carbocycles. The number of benzene rings is 2. The van der Waals surface area contributed by atoms with Crippen molar-refractivity contribution in [2.45, 2.75) is 44.6 Å². The van der Waals surface area contributed by atoms with Crippen LogP contribution in [0.25, 0.3) is 0 Å². The number of hydrogen-bond donors (Lipinski definition) is 5. The fourth-order valence-corrected chi connectivity index (χ4v) is 3.15. The number of aliphatic hydroxyl groups is 3. The number of rotatable bonds is 12. The molecule has 1 amide bonds. The molecule has 0 aromatic heterocycles. The molecule has 8 heteroatoms. The number of carbonyl (C=O) groups excluding carboxylic acids is 1. The van der Waals surface area contributed by atoms with E-state index in [4.69, 9.17) is 4.74 Å².